The molecule has 0 atom stereocenters. The average molecular weight is 303 g/mol. The van der Waals surface area contributed by atoms with Gasteiger partial charge in [0.2, 0.25) is 0 Å². The molecule has 0 radical (unpaired) electrons. The summed E-state index contributed by atoms with van der Waals surface area (Å²) in [5.41, 5.74) is 2.04. The van der Waals surface area contributed by atoms with Crippen molar-refractivity contribution in [2.45, 2.75) is 51.6 Å². The van der Waals surface area contributed by atoms with E-state index in [-0.39, 0.29) is 6.03 Å². The van der Waals surface area contributed by atoms with Crippen LogP contribution in [0.5, 0.6) is 0 Å². The number of nitrogens with zero attached hydrogens (tertiary/aromatic N) is 2. The Morgan fingerprint density at radius 1 is 1.27 bits per heavy atom. The Bertz CT molecular complexity index is 541. The lowest BCUT2D eigenvalue weighted by molar-refractivity contribution is -0.0845. The van der Waals surface area contributed by atoms with Crippen molar-refractivity contribution in [1.29, 1.82) is 0 Å². The SMILES string of the molecule is Cc1cc(NC(=O)N2CCC(O)(C3CCC3)CC2)cc(C)n1. The highest BCUT2D eigenvalue weighted by molar-refractivity contribution is 5.89. The molecular formula is C17H25N3O2. The topological polar surface area (TPSA) is 65.5 Å². The summed E-state index contributed by atoms with van der Waals surface area (Å²) < 4.78 is 0. The number of nitrogens with one attached hydrogen (secondary N) is 1. The van der Waals surface area contributed by atoms with Gasteiger partial charge < -0.3 is 15.3 Å². The van der Waals surface area contributed by atoms with E-state index in [4.69, 9.17) is 0 Å². The maximum Gasteiger partial charge on any atom is 0.321 e. The summed E-state index contributed by atoms with van der Waals surface area (Å²) in [5.74, 6) is 0.447. The molecule has 0 spiro atoms. The maximum absolute atomic E-state index is 12.4. The van der Waals surface area contributed by atoms with Crippen molar-refractivity contribution in [3.8, 4) is 0 Å². The van der Waals surface area contributed by atoms with Crippen LogP contribution in [0, 0.1) is 19.8 Å². The Kier molecular flexibility index (Phi) is 4.08. The van der Waals surface area contributed by atoms with Gasteiger partial charge in [0.05, 0.1) is 5.60 Å². The predicted octanol–water partition coefficient (Wildman–Crippen LogP) is 2.86. The zero-order valence-corrected chi connectivity index (χ0v) is 13.4. The van der Waals surface area contributed by atoms with E-state index in [1.165, 1.54) is 6.42 Å². The Balaban J connectivity index is 1.57. The molecule has 2 heterocycles. The van der Waals surface area contributed by atoms with Gasteiger partial charge in [0.1, 0.15) is 0 Å². The summed E-state index contributed by atoms with van der Waals surface area (Å²) in [6.45, 7) is 5.09. The normalized spacial score (nSPS) is 21.3. The average Bonchev–Trinajstić information content (AvgIpc) is 2.35. The highest BCUT2D eigenvalue weighted by Gasteiger charge is 2.42. The third-order valence-corrected chi connectivity index (χ3v) is 5.11. The number of carbonyl (C=O) groups is 1. The maximum atomic E-state index is 12.4. The molecule has 5 heteroatoms. The molecule has 1 aliphatic heterocycles. The first-order valence-corrected chi connectivity index (χ1v) is 8.20. The molecule has 5 nitrogen and oxygen atoms in total. The number of piperidine rings is 1. The van der Waals surface area contributed by atoms with Crippen molar-refractivity contribution in [1.82, 2.24) is 9.88 Å². The summed E-state index contributed by atoms with van der Waals surface area (Å²) in [7, 11) is 0. The van der Waals surface area contributed by atoms with Crippen LogP contribution in [0.2, 0.25) is 0 Å². The third kappa shape index (κ3) is 3.09. The molecule has 2 amide bonds. The number of hydrogen-bond donors (Lipinski definition) is 2. The van der Waals surface area contributed by atoms with E-state index in [9.17, 15) is 9.90 Å². The van der Waals surface area contributed by atoms with Crippen molar-refractivity contribution in [2.24, 2.45) is 5.92 Å². The van der Waals surface area contributed by atoms with Crippen molar-refractivity contribution < 1.29 is 9.90 Å². The van der Waals surface area contributed by atoms with Crippen LogP contribution in [-0.2, 0) is 0 Å². The second kappa shape index (κ2) is 5.88. The number of aryl methyl sites for hydroxylation is 2. The highest BCUT2D eigenvalue weighted by atomic mass is 16.3. The minimum absolute atomic E-state index is 0.0827. The van der Waals surface area contributed by atoms with Crippen molar-refractivity contribution >= 4 is 11.7 Å². The molecule has 1 aromatic rings. The van der Waals surface area contributed by atoms with E-state index < -0.39 is 5.60 Å². The lowest BCUT2D eigenvalue weighted by Gasteiger charge is -2.46. The van der Waals surface area contributed by atoms with E-state index in [1.54, 1.807) is 4.90 Å². The molecule has 0 unspecified atom stereocenters. The van der Waals surface area contributed by atoms with Crippen LogP contribution in [-0.4, -0.2) is 39.7 Å². The highest BCUT2D eigenvalue weighted by Crippen LogP contribution is 2.41. The van der Waals surface area contributed by atoms with E-state index in [1.807, 2.05) is 26.0 Å². The first-order valence-electron chi connectivity index (χ1n) is 8.20. The smallest absolute Gasteiger partial charge is 0.321 e. The number of carbonyl (C=O) groups excluding carboxylic acids is 1. The van der Waals surface area contributed by atoms with E-state index in [2.05, 4.69) is 10.3 Å². The number of anilines is 1. The molecule has 1 aliphatic carbocycles. The molecule has 2 aliphatic rings. The number of likely N-dealkylation sites (tertiary alicyclic amines) is 1. The van der Waals surface area contributed by atoms with Crippen LogP contribution in [0.15, 0.2) is 12.1 Å². The molecule has 3 rings (SSSR count). The second-order valence-corrected chi connectivity index (χ2v) is 6.79. The van der Waals surface area contributed by atoms with Gasteiger partial charge in [-0.2, -0.15) is 0 Å². The summed E-state index contributed by atoms with van der Waals surface area (Å²) in [6, 6.07) is 3.67. The molecule has 0 bridgehead atoms. The van der Waals surface area contributed by atoms with Crippen molar-refractivity contribution in [3.05, 3.63) is 23.5 Å². The number of pyridine rings is 1. The summed E-state index contributed by atoms with van der Waals surface area (Å²) in [6.07, 6.45) is 4.90. The fourth-order valence-electron chi connectivity index (χ4n) is 3.56. The van der Waals surface area contributed by atoms with Crippen molar-refractivity contribution in [3.63, 3.8) is 0 Å². The van der Waals surface area contributed by atoms with Crippen LogP contribution in [0.4, 0.5) is 10.5 Å². The summed E-state index contributed by atoms with van der Waals surface area (Å²) in [5, 5.41) is 13.6. The molecule has 2 fully saturated rings. The first kappa shape index (κ1) is 15.3. The monoisotopic (exact) mass is 303 g/mol. The summed E-state index contributed by atoms with van der Waals surface area (Å²) >= 11 is 0. The van der Waals surface area contributed by atoms with Gasteiger partial charge >= 0.3 is 6.03 Å². The number of amides is 2. The van der Waals surface area contributed by atoms with Crippen LogP contribution >= 0.6 is 0 Å². The molecule has 1 saturated heterocycles. The quantitative estimate of drug-likeness (QED) is 0.883. The number of rotatable bonds is 2. The van der Waals surface area contributed by atoms with E-state index in [0.29, 0.717) is 31.8 Å². The number of aromatic nitrogens is 1. The Morgan fingerprint density at radius 2 is 1.86 bits per heavy atom. The first-order chi connectivity index (χ1) is 10.5. The molecule has 120 valence electrons. The predicted molar refractivity (Wildman–Crippen MR) is 85.8 cm³/mol. The number of hydrogen-bond acceptors (Lipinski definition) is 3. The lowest BCUT2D eigenvalue weighted by atomic mass is 9.69. The summed E-state index contributed by atoms with van der Waals surface area (Å²) in [4.78, 5) is 18.5. The zero-order chi connectivity index (χ0) is 15.7. The van der Waals surface area contributed by atoms with E-state index >= 15 is 0 Å². The van der Waals surface area contributed by atoms with Gasteiger partial charge in [0, 0.05) is 30.2 Å². The van der Waals surface area contributed by atoms with Crippen LogP contribution in [0.1, 0.15) is 43.5 Å². The number of aliphatic hydroxyl groups is 1. The van der Waals surface area contributed by atoms with Gasteiger partial charge in [-0.3, -0.25) is 4.98 Å². The van der Waals surface area contributed by atoms with Gasteiger partial charge in [-0.25, -0.2) is 4.79 Å². The van der Waals surface area contributed by atoms with Crippen molar-refractivity contribution in [2.75, 3.05) is 18.4 Å². The minimum atomic E-state index is -0.543. The number of urea groups is 1. The van der Waals surface area contributed by atoms with Gasteiger partial charge in [0.25, 0.3) is 0 Å². The molecular weight excluding hydrogens is 278 g/mol. The van der Waals surface area contributed by atoms with Crippen LogP contribution in [0.3, 0.4) is 0 Å². The third-order valence-electron chi connectivity index (χ3n) is 5.11. The lowest BCUT2D eigenvalue weighted by Crippen LogP contribution is -2.52. The fraction of sp³-hybridized carbons (Fsp3) is 0.647. The molecule has 1 saturated carbocycles. The van der Waals surface area contributed by atoms with Crippen LogP contribution < -0.4 is 5.32 Å². The Hall–Kier alpha value is -1.62. The van der Waals surface area contributed by atoms with Gasteiger partial charge in [-0.1, -0.05) is 6.42 Å². The molecule has 1 aromatic heterocycles. The van der Waals surface area contributed by atoms with Gasteiger partial charge in [0.15, 0.2) is 0 Å². The standard InChI is InChI=1S/C17H25N3O2/c1-12-10-15(11-13(2)18-12)19-16(21)20-8-6-17(22,7-9-20)14-4-3-5-14/h10-11,14,22H,3-9H2,1-2H3,(H,18,19,21). The van der Waals surface area contributed by atoms with Gasteiger partial charge in [-0.15, -0.1) is 0 Å². The van der Waals surface area contributed by atoms with Crippen LogP contribution in [0.25, 0.3) is 0 Å². The zero-order valence-electron chi connectivity index (χ0n) is 13.4. The minimum Gasteiger partial charge on any atom is -0.389 e. The fourth-order valence-corrected chi connectivity index (χ4v) is 3.56. The Labute approximate surface area is 131 Å². The van der Waals surface area contributed by atoms with Gasteiger partial charge in [-0.05, 0) is 57.6 Å². The second-order valence-electron chi connectivity index (χ2n) is 6.79. The molecule has 2 N–H and O–H groups in total. The largest absolute Gasteiger partial charge is 0.389 e. The molecule has 0 aromatic carbocycles. The Morgan fingerprint density at radius 3 is 2.36 bits per heavy atom. The van der Waals surface area contributed by atoms with E-state index in [0.717, 1.165) is 29.9 Å². The molecule has 22 heavy (non-hydrogen) atoms.